The molecule has 2 aromatic carbocycles. The second-order valence-corrected chi connectivity index (χ2v) is 11.0. The minimum atomic E-state index is -0.492. The molecule has 0 bridgehead atoms. The summed E-state index contributed by atoms with van der Waals surface area (Å²) in [5, 5.41) is 9.87. The predicted octanol–water partition coefficient (Wildman–Crippen LogP) is 4.87. The van der Waals surface area contributed by atoms with Gasteiger partial charge in [-0.2, -0.15) is 5.26 Å². The van der Waals surface area contributed by atoms with Gasteiger partial charge in [-0.3, -0.25) is 14.2 Å². The molecule has 2 fully saturated rings. The first-order chi connectivity index (χ1) is 20.4. The summed E-state index contributed by atoms with van der Waals surface area (Å²) in [5.41, 5.74) is 1.19. The number of nitriles is 1. The minimum absolute atomic E-state index is 0.0146. The van der Waals surface area contributed by atoms with Crippen LogP contribution >= 0.6 is 0 Å². The van der Waals surface area contributed by atoms with Crippen LogP contribution in [0.5, 0.6) is 11.5 Å². The zero-order chi connectivity index (χ0) is 29.3. The molecule has 42 heavy (non-hydrogen) atoms. The molecule has 1 unspecified atom stereocenters. The van der Waals surface area contributed by atoms with Crippen LogP contribution in [0.1, 0.15) is 38.2 Å². The maximum atomic E-state index is 13.0. The molecular formula is C32H32N6O4. The van der Waals surface area contributed by atoms with Gasteiger partial charge >= 0.3 is 5.97 Å². The molecule has 4 aromatic rings. The van der Waals surface area contributed by atoms with Crippen LogP contribution < -0.4 is 9.64 Å². The van der Waals surface area contributed by atoms with Crippen molar-refractivity contribution >= 4 is 28.7 Å². The lowest BCUT2D eigenvalue weighted by atomic mass is 9.74. The van der Waals surface area contributed by atoms with Gasteiger partial charge in [0.15, 0.2) is 6.73 Å². The van der Waals surface area contributed by atoms with Gasteiger partial charge in [-0.05, 0) is 55.2 Å². The summed E-state index contributed by atoms with van der Waals surface area (Å²) >= 11 is 0. The molecule has 10 heteroatoms. The number of benzene rings is 2. The summed E-state index contributed by atoms with van der Waals surface area (Å²) in [7, 11) is 0. The lowest BCUT2D eigenvalue weighted by molar-refractivity contribution is -0.152. The second kappa shape index (κ2) is 11.2. The molecule has 2 aliphatic heterocycles. The van der Waals surface area contributed by atoms with Crippen LogP contribution in [0.3, 0.4) is 0 Å². The highest BCUT2D eigenvalue weighted by molar-refractivity contribution is 5.88. The van der Waals surface area contributed by atoms with Crippen molar-refractivity contribution in [2.45, 2.75) is 44.9 Å². The number of carbonyl (C=O) groups excluding carboxylic acids is 2. The maximum absolute atomic E-state index is 13.0. The third-order valence-electron chi connectivity index (χ3n) is 8.59. The standard InChI is InChI=1S/C32H32N6O4/c1-22-18-38(28(39)11-14-33)32(22)13-16-36(19-32)29-27-12-15-37(30(27)35-20-34-29)21-41-31(40)23(2)24-7-6-10-26(17-24)42-25-8-4-3-5-9-25/h3-10,12,15,17,20,22-23H,11,13,16,18-19,21H2,1-2H3/t22-,23?,32-/m0/s1. The number of likely N-dealkylation sites (tertiary alicyclic amines) is 1. The van der Waals surface area contributed by atoms with E-state index >= 15 is 0 Å². The number of para-hydroxylation sites is 1. The van der Waals surface area contributed by atoms with Crippen molar-refractivity contribution in [2.24, 2.45) is 5.92 Å². The Hall–Kier alpha value is -4.91. The van der Waals surface area contributed by atoms with Crippen molar-refractivity contribution in [3.05, 3.63) is 78.8 Å². The van der Waals surface area contributed by atoms with Crippen molar-refractivity contribution in [1.82, 2.24) is 19.4 Å². The van der Waals surface area contributed by atoms with Crippen LogP contribution in [-0.4, -0.2) is 56.5 Å². The number of amides is 1. The van der Waals surface area contributed by atoms with E-state index in [-0.39, 0.29) is 30.6 Å². The highest BCUT2D eigenvalue weighted by atomic mass is 16.5. The molecule has 4 heterocycles. The van der Waals surface area contributed by atoms with Crippen molar-refractivity contribution in [2.75, 3.05) is 24.5 Å². The van der Waals surface area contributed by atoms with Gasteiger partial charge in [-0.1, -0.05) is 37.3 Å². The van der Waals surface area contributed by atoms with Gasteiger partial charge in [-0.25, -0.2) is 9.97 Å². The fourth-order valence-corrected chi connectivity index (χ4v) is 6.13. The third-order valence-corrected chi connectivity index (χ3v) is 8.59. The van der Waals surface area contributed by atoms with E-state index in [4.69, 9.17) is 14.7 Å². The second-order valence-electron chi connectivity index (χ2n) is 11.0. The quantitative estimate of drug-likeness (QED) is 0.279. The molecule has 1 spiro atoms. The van der Waals surface area contributed by atoms with E-state index in [1.54, 1.807) is 4.57 Å². The van der Waals surface area contributed by atoms with Crippen LogP contribution in [0.25, 0.3) is 11.0 Å². The van der Waals surface area contributed by atoms with Crippen molar-refractivity contribution < 1.29 is 19.1 Å². The Bertz CT molecular complexity index is 1660. The highest BCUT2D eigenvalue weighted by Crippen LogP contribution is 2.45. The Morgan fingerprint density at radius 3 is 2.71 bits per heavy atom. The largest absolute Gasteiger partial charge is 0.457 e. The van der Waals surface area contributed by atoms with Gasteiger partial charge in [0.05, 0.1) is 22.9 Å². The normalized spacial score (nSPS) is 20.3. The topological polar surface area (TPSA) is 114 Å². The van der Waals surface area contributed by atoms with Crippen molar-refractivity contribution in [1.29, 1.82) is 5.26 Å². The molecule has 6 rings (SSSR count). The third kappa shape index (κ3) is 4.91. The first kappa shape index (κ1) is 27.3. The van der Waals surface area contributed by atoms with Gasteiger partial charge in [0.2, 0.25) is 5.91 Å². The maximum Gasteiger partial charge on any atom is 0.314 e. The summed E-state index contributed by atoms with van der Waals surface area (Å²) in [4.78, 5) is 38.7. The number of hydrogen-bond donors (Lipinski definition) is 0. The average Bonchev–Trinajstić information content (AvgIpc) is 3.66. The molecule has 2 aliphatic rings. The Balaban J connectivity index is 1.13. The van der Waals surface area contributed by atoms with Crippen molar-refractivity contribution in [3.63, 3.8) is 0 Å². The summed E-state index contributed by atoms with van der Waals surface area (Å²) in [6.07, 6.45) is 4.09. The SMILES string of the molecule is CC(C(=O)OCn1ccc2c(N3CC[C@]4(C3)[C@@H](C)CN4C(=O)CC#N)ncnc21)c1cccc(Oc2ccccc2)c1. The zero-order valence-electron chi connectivity index (χ0n) is 23.6. The molecule has 214 valence electrons. The number of fused-ring (bicyclic) bond motifs is 1. The summed E-state index contributed by atoms with van der Waals surface area (Å²) in [6, 6.07) is 20.9. The van der Waals surface area contributed by atoms with Gasteiger partial charge in [0.25, 0.3) is 0 Å². The average molecular weight is 565 g/mol. The number of aromatic nitrogens is 3. The summed E-state index contributed by atoms with van der Waals surface area (Å²) in [5.74, 6) is 1.55. The first-order valence-electron chi connectivity index (χ1n) is 14.1. The Labute approximate surface area is 244 Å². The van der Waals surface area contributed by atoms with Crippen LogP contribution in [0, 0.1) is 17.2 Å². The van der Waals surface area contributed by atoms with E-state index in [1.807, 2.05) is 84.8 Å². The van der Waals surface area contributed by atoms with Crippen LogP contribution in [-0.2, 0) is 21.1 Å². The van der Waals surface area contributed by atoms with E-state index in [2.05, 4.69) is 21.8 Å². The van der Waals surface area contributed by atoms with Gasteiger partial charge in [0, 0.05) is 25.8 Å². The molecule has 0 radical (unpaired) electrons. The number of hydrogen-bond acceptors (Lipinski definition) is 8. The van der Waals surface area contributed by atoms with E-state index < -0.39 is 5.92 Å². The van der Waals surface area contributed by atoms with E-state index in [0.29, 0.717) is 30.4 Å². The van der Waals surface area contributed by atoms with Crippen molar-refractivity contribution in [3.8, 4) is 17.6 Å². The summed E-state index contributed by atoms with van der Waals surface area (Å²) in [6.45, 7) is 6.07. The molecule has 2 aromatic heterocycles. The molecular weight excluding hydrogens is 532 g/mol. The Kier molecular flexibility index (Phi) is 7.25. The number of esters is 1. The number of rotatable bonds is 8. The van der Waals surface area contributed by atoms with Gasteiger partial charge < -0.3 is 19.3 Å². The number of carbonyl (C=O) groups is 2. The summed E-state index contributed by atoms with van der Waals surface area (Å²) < 4.78 is 13.4. The minimum Gasteiger partial charge on any atom is -0.457 e. The number of anilines is 1. The fourth-order valence-electron chi connectivity index (χ4n) is 6.13. The van der Waals surface area contributed by atoms with Crippen LogP contribution in [0.4, 0.5) is 5.82 Å². The van der Waals surface area contributed by atoms with E-state index in [0.717, 1.165) is 35.5 Å². The lowest BCUT2D eigenvalue weighted by Gasteiger charge is -2.55. The molecule has 10 nitrogen and oxygen atoms in total. The number of ether oxygens (including phenoxy) is 2. The Morgan fingerprint density at radius 2 is 1.93 bits per heavy atom. The zero-order valence-corrected chi connectivity index (χ0v) is 23.6. The number of nitrogens with zero attached hydrogens (tertiary/aromatic N) is 6. The van der Waals surface area contributed by atoms with Gasteiger partial charge in [-0.15, -0.1) is 0 Å². The lowest BCUT2D eigenvalue weighted by Crippen LogP contribution is -2.69. The smallest absolute Gasteiger partial charge is 0.314 e. The van der Waals surface area contributed by atoms with Crippen LogP contribution in [0.2, 0.25) is 0 Å². The molecule has 0 aliphatic carbocycles. The molecule has 0 N–H and O–H groups in total. The monoisotopic (exact) mass is 564 g/mol. The molecule has 0 saturated carbocycles. The predicted molar refractivity (Wildman–Crippen MR) is 156 cm³/mol. The molecule has 2 saturated heterocycles. The van der Waals surface area contributed by atoms with E-state index in [1.165, 1.54) is 6.33 Å². The Morgan fingerprint density at radius 1 is 1.12 bits per heavy atom. The fraction of sp³-hybridized carbons (Fsp3) is 0.344. The first-order valence-corrected chi connectivity index (χ1v) is 14.1. The van der Waals surface area contributed by atoms with Crippen LogP contribution in [0.15, 0.2) is 73.2 Å². The van der Waals surface area contributed by atoms with E-state index in [9.17, 15) is 9.59 Å². The molecule has 1 amide bonds. The van der Waals surface area contributed by atoms with Gasteiger partial charge in [0.1, 0.15) is 35.7 Å². The highest BCUT2D eigenvalue weighted by Gasteiger charge is 2.56. The molecule has 3 atom stereocenters.